The van der Waals surface area contributed by atoms with Crippen LogP contribution in [0.2, 0.25) is 0 Å². The fourth-order valence-corrected chi connectivity index (χ4v) is 3.49. The van der Waals surface area contributed by atoms with Gasteiger partial charge in [-0.1, -0.05) is 25.7 Å². The zero-order valence-electron chi connectivity index (χ0n) is 14.0. The largest absolute Gasteiger partial charge is 0.466 e. The maximum absolute atomic E-state index is 12.1. The first-order valence-corrected chi connectivity index (χ1v) is 8.85. The van der Waals surface area contributed by atoms with Crippen molar-refractivity contribution in [2.24, 2.45) is 11.8 Å². The van der Waals surface area contributed by atoms with Crippen molar-refractivity contribution in [3.05, 3.63) is 0 Å². The van der Waals surface area contributed by atoms with Crippen LogP contribution in [0.3, 0.4) is 0 Å². The summed E-state index contributed by atoms with van der Waals surface area (Å²) in [5, 5.41) is 2.74. The van der Waals surface area contributed by atoms with Crippen LogP contribution in [0.15, 0.2) is 0 Å². The Morgan fingerprint density at radius 1 is 1.09 bits per heavy atom. The van der Waals surface area contributed by atoms with E-state index in [9.17, 15) is 14.4 Å². The van der Waals surface area contributed by atoms with E-state index in [2.05, 4.69) is 5.32 Å². The summed E-state index contributed by atoms with van der Waals surface area (Å²) in [7, 11) is 0. The molecule has 6 heteroatoms. The van der Waals surface area contributed by atoms with Crippen molar-refractivity contribution in [1.82, 2.24) is 10.2 Å². The molecule has 2 aliphatic rings. The second-order valence-corrected chi connectivity index (χ2v) is 6.51. The number of amides is 2. The van der Waals surface area contributed by atoms with Crippen molar-refractivity contribution in [2.75, 3.05) is 26.2 Å². The quantitative estimate of drug-likeness (QED) is 0.614. The molecule has 2 amide bonds. The minimum Gasteiger partial charge on any atom is -0.466 e. The number of ether oxygens (including phenoxy) is 1. The highest BCUT2D eigenvalue weighted by Crippen LogP contribution is 2.26. The number of rotatable bonds is 5. The lowest BCUT2D eigenvalue weighted by Crippen LogP contribution is -2.47. The molecule has 2 fully saturated rings. The lowest BCUT2D eigenvalue weighted by molar-refractivity contribution is -0.152. The third kappa shape index (κ3) is 5.22. The van der Waals surface area contributed by atoms with Crippen LogP contribution in [0.1, 0.15) is 51.9 Å². The van der Waals surface area contributed by atoms with E-state index < -0.39 is 11.8 Å². The van der Waals surface area contributed by atoms with Crippen LogP contribution < -0.4 is 5.32 Å². The Kier molecular flexibility index (Phi) is 6.86. The highest BCUT2D eigenvalue weighted by molar-refractivity contribution is 6.35. The monoisotopic (exact) mass is 324 g/mol. The van der Waals surface area contributed by atoms with E-state index in [0.717, 1.165) is 6.42 Å². The Labute approximate surface area is 137 Å². The molecule has 1 saturated heterocycles. The standard InChI is InChI=1S/C17H28N2O4/c1-2-23-17(22)14-8-11-19(12-9-14)16(21)15(20)18-10-7-13-5-3-4-6-13/h13-14H,2-12H2,1H3,(H,18,20). The number of likely N-dealkylation sites (tertiary alicyclic amines) is 1. The first-order chi connectivity index (χ1) is 11.1. The lowest BCUT2D eigenvalue weighted by Gasteiger charge is -2.30. The van der Waals surface area contributed by atoms with Crippen LogP contribution in [0.5, 0.6) is 0 Å². The molecule has 0 aromatic rings. The summed E-state index contributed by atoms with van der Waals surface area (Å²) in [6.07, 6.45) is 7.15. The van der Waals surface area contributed by atoms with Gasteiger partial charge in [0.05, 0.1) is 12.5 Å². The molecule has 0 spiro atoms. The summed E-state index contributed by atoms with van der Waals surface area (Å²) < 4.78 is 5.00. The Bertz CT molecular complexity index is 424. The number of carbonyl (C=O) groups excluding carboxylic acids is 3. The first kappa shape index (κ1) is 17.8. The lowest BCUT2D eigenvalue weighted by atomic mass is 9.97. The van der Waals surface area contributed by atoms with Gasteiger partial charge in [-0.2, -0.15) is 0 Å². The second kappa shape index (κ2) is 8.89. The number of esters is 1. The zero-order valence-corrected chi connectivity index (χ0v) is 14.0. The van der Waals surface area contributed by atoms with Crippen molar-refractivity contribution in [3.8, 4) is 0 Å². The summed E-state index contributed by atoms with van der Waals surface area (Å²) in [4.78, 5) is 37.3. The highest BCUT2D eigenvalue weighted by Gasteiger charge is 2.30. The summed E-state index contributed by atoms with van der Waals surface area (Å²) in [6, 6.07) is 0. The number of carbonyl (C=O) groups is 3. The van der Waals surface area contributed by atoms with E-state index >= 15 is 0 Å². The number of piperidine rings is 1. The van der Waals surface area contributed by atoms with Crippen LogP contribution in [-0.2, 0) is 19.1 Å². The van der Waals surface area contributed by atoms with E-state index in [1.54, 1.807) is 11.8 Å². The predicted octanol–water partition coefficient (Wildman–Crippen LogP) is 1.48. The van der Waals surface area contributed by atoms with Crippen LogP contribution in [0.25, 0.3) is 0 Å². The van der Waals surface area contributed by atoms with Crippen molar-refractivity contribution in [3.63, 3.8) is 0 Å². The van der Waals surface area contributed by atoms with Crippen molar-refractivity contribution in [2.45, 2.75) is 51.9 Å². The molecule has 1 saturated carbocycles. The van der Waals surface area contributed by atoms with E-state index in [1.165, 1.54) is 25.7 Å². The van der Waals surface area contributed by atoms with Gasteiger partial charge in [-0.05, 0) is 32.1 Å². The zero-order chi connectivity index (χ0) is 16.7. The summed E-state index contributed by atoms with van der Waals surface area (Å²) in [5.41, 5.74) is 0. The molecule has 0 radical (unpaired) electrons. The molecule has 1 aliphatic carbocycles. The predicted molar refractivity (Wildman–Crippen MR) is 85.5 cm³/mol. The van der Waals surface area contributed by atoms with Gasteiger partial charge in [0.15, 0.2) is 0 Å². The molecule has 1 N–H and O–H groups in total. The van der Waals surface area contributed by atoms with Gasteiger partial charge in [0, 0.05) is 19.6 Å². The molecule has 0 aromatic heterocycles. The Morgan fingerprint density at radius 2 is 1.74 bits per heavy atom. The molecule has 23 heavy (non-hydrogen) atoms. The number of hydrogen-bond acceptors (Lipinski definition) is 4. The first-order valence-electron chi connectivity index (χ1n) is 8.85. The number of nitrogens with zero attached hydrogens (tertiary/aromatic N) is 1. The Hall–Kier alpha value is -1.59. The van der Waals surface area contributed by atoms with E-state index in [0.29, 0.717) is 45.0 Å². The van der Waals surface area contributed by atoms with E-state index in [4.69, 9.17) is 4.74 Å². The fraction of sp³-hybridized carbons (Fsp3) is 0.824. The summed E-state index contributed by atoms with van der Waals surface area (Å²) in [5.74, 6) is -0.632. The molecular weight excluding hydrogens is 296 g/mol. The molecule has 6 nitrogen and oxygen atoms in total. The molecule has 1 aliphatic heterocycles. The molecule has 130 valence electrons. The van der Waals surface area contributed by atoms with Gasteiger partial charge < -0.3 is 15.0 Å². The molecule has 0 unspecified atom stereocenters. The molecule has 2 rings (SSSR count). The van der Waals surface area contributed by atoms with E-state index in [1.807, 2.05) is 0 Å². The molecule has 0 atom stereocenters. The van der Waals surface area contributed by atoms with Crippen molar-refractivity contribution < 1.29 is 19.1 Å². The Balaban J connectivity index is 1.67. The summed E-state index contributed by atoms with van der Waals surface area (Å²) >= 11 is 0. The average Bonchev–Trinajstić information content (AvgIpc) is 3.08. The van der Waals surface area contributed by atoms with Crippen LogP contribution in [-0.4, -0.2) is 48.9 Å². The number of nitrogens with one attached hydrogen (secondary N) is 1. The van der Waals surface area contributed by atoms with Gasteiger partial charge in [0.1, 0.15) is 0 Å². The van der Waals surface area contributed by atoms with Crippen molar-refractivity contribution in [1.29, 1.82) is 0 Å². The topological polar surface area (TPSA) is 75.7 Å². The van der Waals surface area contributed by atoms with Gasteiger partial charge in [0.2, 0.25) is 0 Å². The maximum atomic E-state index is 12.1. The smallest absolute Gasteiger partial charge is 0.311 e. The maximum Gasteiger partial charge on any atom is 0.311 e. The minimum atomic E-state index is -0.516. The SMILES string of the molecule is CCOC(=O)C1CCN(C(=O)C(=O)NCCC2CCCC2)CC1. The molecule has 1 heterocycles. The van der Waals surface area contributed by atoms with Gasteiger partial charge in [0.25, 0.3) is 0 Å². The molecule has 0 bridgehead atoms. The highest BCUT2D eigenvalue weighted by atomic mass is 16.5. The minimum absolute atomic E-state index is 0.149. The molecule has 0 aromatic carbocycles. The average molecular weight is 324 g/mol. The van der Waals surface area contributed by atoms with Crippen LogP contribution in [0.4, 0.5) is 0 Å². The normalized spacial score (nSPS) is 19.6. The fourth-order valence-electron chi connectivity index (χ4n) is 3.49. The Morgan fingerprint density at radius 3 is 2.35 bits per heavy atom. The van der Waals surface area contributed by atoms with E-state index in [-0.39, 0.29) is 11.9 Å². The van der Waals surface area contributed by atoms with Gasteiger partial charge in [-0.15, -0.1) is 0 Å². The third-order valence-corrected chi connectivity index (χ3v) is 4.91. The number of hydrogen-bond donors (Lipinski definition) is 1. The van der Waals surface area contributed by atoms with Gasteiger partial charge in [-0.25, -0.2) is 0 Å². The van der Waals surface area contributed by atoms with Gasteiger partial charge in [-0.3, -0.25) is 14.4 Å². The van der Waals surface area contributed by atoms with Crippen molar-refractivity contribution >= 4 is 17.8 Å². The second-order valence-electron chi connectivity index (χ2n) is 6.51. The van der Waals surface area contributed by atoms with Crippen LogP contribution in [0, 0.1) is 11.8 Å². The van der Waals surface area contributed by atoms with Crippen LogP contribution >= 0.6 is 0 Å². The third-order valence-electron chi connectivity index (χ3n) is 4.91. The summed E-state index contributed by atoms with van der Waals surface area (Å²) in [6.45, 7) is 3.62. The molecular formula is C17H28N2O4. The van der Waals surface area contributed by atoms with Gasteiger partial charge >= 0.3 is 17.8 Å².